The number of aliphatic carboxylic acids is 1. The van der Waals surface area contributed by atoms with Gasteiger partial charge in [0.2, 0.25) is 0 Å². The van der Waals surface area contributed by atoms with Gasteiger partial charge >= 0.3 is 5.97 Å². The second kappa shape index (κ2) is 8.06. The quantitative estimate of drug-likeness (QED) is 0.575. The molecule has 1 N–H and O–H groups in total. The molecule has 144 valence electrons. The second-order valence-electron chi connectivity index (χ2n) is 6.14. The van der Waals surface area contributed by atoms with E-state index in [4.69, 9.17) is 5.11 Å². The van der Waals surface area contributed by atoms with E-state index < -0.39 is 37.3 Å². The first kappa shape index (κ1) is 20.2. The number of benzene rings is 1. The molecule has 9 nitrogen and oxygen atoms in total. The van der Waals surface area contributed by atoms with Gasteiger partial charge in [-0.1, -0.05) is 6.07 Å². The molecule has 1 fully saturated rings. The summed E-state index contributed by atoms with van der Waals surface area (Å²) in [5.74, 6) is -2.15. The van der Waals surface area contributed by atoms with E-state index in [2.05, 4.69) is 0 Å². The molecule has 11 heteroatoms. The van der Waals surface area contributed by atoms with Gasteiger partial charge in [-0.05, 0) is 32.4 Å². The Balaban J connectivity index is 2.26. The third-order valence-electron chi connectivity index (χ3n) is 4.41. The van der Waals surface area contributed by atoms with Crippen molar-refractivity contribution in [1.29, 1.82) is 0 Å². The van der Waals surface area contributed by atoms with Crippen molar-refractivity contribution in [2.75, 3.05) is 26.7 Å². The van der Waals surface area contributed by atoms with E-state index in [-0.39, 0.29) is 25.7 Å². The number of sulfonamides is 1. The molecule has 0 aliphatic carbocycles. The predicted octanol–water partition coefficient (Wildman–Crippen LogP) is 1.29. The van der Waals surface area contributed by atoms with Crippen molar-refractivity contribution >= 4 is 21.7 Å². The predicted molar refractivity (Wildman–Crippen MR) is 89.7 cm³/mol. The normalized spacial score (nSPS) is 19.3. The number of carboxylic acid groups (broad SMARTS) is 1. The average Bonchev–Trinajstić information content (AvgIpc) is 2.80. The summed E-state index contributed by atoms with van der Waals surface area (Å²) in [6, 6.07) is 2.78. The molecule has 0 bridgehead atoms. The van der Waals surface area contributed by atoms with E-state index in [1.807, 2.05) is 0 Å². The second-order valence-corrected chi connectivity index (χ2v) is 8.02. The van der Waals surface area contributed by atoms with Crippen LogP contribution in [-0.2, 0) is 14.8 Å². The molecule has 1 saturated heterocycles. The van der Waals surface area contributed by atoms with Crippen LogP contribution >= 0.6 is 0 Å². The first-order chi connectivity index (χ1) is 12.1. The maximum absolute atomic E-state index is 14.1. The maximum atomic E-state index is 14.1. The number of hydrogen-bond donors (Lipinski definition) is 1. The van der Waals surface area contributed by atoms with Crippen LogP contribution in [0.5, 0.6) is 0 Å². The first-order valence-corrected chi connectivity index (χ1v) is 9.43. The zero-order chi connectivity index (χ0) is 19.5. The van der Waals surface area contributed by atoms with Crippen LogP contribution in [0.3, 0.4) is 0 Å². The fourth-order valence-corrected chi connectivity index (χ4v) is 4.80. The number of nitrogens with zero attached hydrogens (tertiary/aromatic N) is 3. The van der Waals surface area contributed by atoms with Crippen LogP contribution < -0.4 is 0 Å². The smallest absolute Gasteiger partial charge is 0.317 e. The van der Waals surface area contributed by atoms with Crippen LogP contribution in [0.2, 0.25) is 0 Å². The maximum Gasteiger partial charge on any atom is 0.317 e. The third-order valence-corrected chi connectivity index (χ3v) is 6.37. The van der Waals surface area contributed by atoms with Crippen molar-refractivity contribution in [3.05, 3.63) is 34.1 Å². The van der Waals surface area contributed by atoms with Crippen LogP contribution in [-0.4, -0.2) is 66.3 Å². The molecule has 1 aromatic rings. The minimum absolute atomic E-state index is 0.0302. The molecule has 1 unspecified atom stereocenters. The SMILES string of the molecule is CN(CC(=O)O)C1CCCN(S(=O)(=O)c2c(F)cccc2[N+](=O)[O-])CC1. The van der Waals surface area contributed by atoms with Gasteiger partial charge in [0.05, 0.1) is 11.5 Å². The van der Waals surface area contributed by atoms with Gasteiger partial charge in [0.1, 0.15) is 5.82 Å². The molecule has 1 aliphatic rings. The van der Waals surface area contributed by atoms with Crippen molar-refractivity contribution in [2.24, 2.45) is 0 Å². The van der Waals surface area contributed by atoms with Crippen LogP contribution in [0.25, 0.3) is 0 Å². The first-order valence-electron chi connectivity index (χ1n) is 7.99. The number of carbonyl (C=O) groups is 1. The summed E-state index contributed by atoms with van der Waals surface area (Å²) in [7, 11) is -2.74. The van der Waals surface area contributed by atoms with Gasteiger partial charge in [-0.25, -0.2) is 12.8 Å². The number of nitro benzene ring substituents is 1. The van der Waals surface area contributed by atoms with Crippen LogP contribution in [0.1, 0.15) is 19.3 Å². The van der Waals surface area contributed by atoms with E-state index in [1.165, 1.54) is 0 Å². The molecule has 0 spiro atoms. The zero-order valence-electron chi connectivity index (χ0n) is 14.2. The lowest BCUT2D eigenvalue weighted by Crippen LogP contribution is -2.37. The Morgan fingerprint density at radius 2 is 2.12 bits per heavy atom. The standard InChI is InChI=1S/C15H20FN3O6S/c1-17(10-14(20)21)11-4-3-8-18(9-7-11)26(24,25)15-12(16)5-2-6-13(15)19(22)23/h2,5-6,11H,3-4,7-10H2,1H3,(H,20,21). The van der Waals surface area contributed by atoms with Gasteiger partial charge in [0.15, 0.2) is 4.90 Å². The number of hydrogen-bond acceptors (Lipinski definition) is 6. The molecule has 1 atom stereocenters. The number of nitro groups is 1. The van der Waals surface area contributed by atoms with Gasteiger partial charge in [0.25, 0.3) is 15.7 Å². The van der Waals surface area contributed by atoms with E-state index in [1.54, 1.807) is 11.9 Å². The van der Waals surface area contributed by atoms with Crippen molar-refractivity contribution in [2.45, 2.75) is 30.2 Å². The Morgan fingerprint density at radius 3 is 2.73 bits per heavy atom. The molecule has 26 heavy (non-hydrogen) atoms. The van der Waals surface area contributed by atoms with Crippen LogP contribution in [0.15, 0.2) is 23.1 Å². The Kier molecular flexibility index (Phi) is 6.26. The van der Waals surface area contributed by atoms with E-state index in [0.717, 1.165) is 22.5 Å². The molecule has 1 aromatic carbocycles. The summed E-state index contributed by atoms with van der Waals surface area (Å²) in [5.41, 5.74) is -0.797. The van der Waals surface area contributed by atoms with Gasteiger partial charge < -0.3 is 5.11 Å². The Labute approximate surface area is 150 Å². The number of halogens is 1. The lowest BCUT2D eigenvalue weighted by molar-refractivity contribution is -0.388. The fraction of sp³-hybridized carbons (Fsp3) is 0.533. The van der Waals surface area contributed by atoms with E-state index in [0.29, 0.717) is 19.3 Å². The number of likely N-dealkylation sites (N-methyl/N-ethyl adjacent to an activating group) is 1. The molecule has 2 rings (SSSR count). The van der Waals surface area contributed by atoms with Crippen LogP contribution in [0.4, 0.5) is 10.1 Å². The summed E-state index contributed by atoms with van der Waals surface area (Å²) < 4.78 is 40.8. The lowest BCUT2D eigenvalue weighted by Gasteiger charge is -2.25. The van der Waals surface area contributed by atoms with Crippen molar-refractivity contribution in [3.63, 3.8) is 0 Å². The fourth-order valence-electron chi connectivity index (χ4n) is 3.10. The Hall–Kier alpha value is -2.11. The van der Waals surface area contributed by atoms with Crippen molar-refractivity contribution < 1.29 is 27.6 Å². The van der Waals surface area contributed by atoms with Crippen molar-refractivity contribution in [1.82, 2.24) is 9.21 Å². The molecular formula is C15H20FN3O6S. The summed E-state index contributed by atoms with van der Waals surface area (Å²) in [6.07, 6.45) is 1.37. The van der Waals surface area contributed by atoms with Gasteiger partial charge in [-0.2, -0.15) is 4.31 Å². The van der Waals surface area contributed by atoms with Gasteiger partial charge in [0, 0.05) is 25.2 Å². The number of carboxylic acids is 1. The molecule has 1 aliphatic heterocycles. The summed E-state index contributed by atoms with van der Waals surface area (Å²) in [4.78, 5) is 21.7. The molecular weight excluding hydrogens is 369 g/mol. The molecule has 0 radical (unpaired) electrons. The highest BCUT2D eigenvalue weighted by Crippen LogP contribution is 2.30. The lowest BCUT2D eigenvalue weighted by atomic mass is 10.1. The van der Waals surface area contributed by atoms with Gasteiger partial charge in [-0.3, -0.25) is 19.8 Å². The average molecular weight is 389 g/mol. The molecule has 0 amide bonds. The van der Waals surface area contributed by atoms with Gasteiger partial charge in [-0.15, -0.1) is 0 Å². The van der Waals surface area contributed by atoms with Crippen molar-refractivity contribution in [3.8, 4) is 0 Å². The minimum Gasteiger partial charge on any atom is -0.480 e. The molecule has 0 aromatic heterocycles. The molecule has 1 heterocycles. The third kappa shape index (κ3) is 4.34. The summed E-state index contributed by atoms with van der Waals surface area (Å²) >= 11 is 0. The largest absolute Gasteiger partial charge is 0.480 e. The topological polar surface area (TPSA) is 121 Å². The highest BCUT2D eigenvalue weighted by molar-refractivity contribution is 7.89. The Bertz CT molecular complexity index is 801. The highest BCUT2D eigenvalue weighted by atomic mass is 32.2. The van der Waals surface area contributed by atoms with Crippen LogP contribution in [0, 0.1) is 15.9 Å². The zero-order valence-corrected chi connectivity index (χ0v) is 15.0. The Morgan fingerprint density at radius 1 is 1.42 bits per heavy atom. The molecule has 0 saturated carbocycles. The highest BCUT2D eigenvalue weighted by Gasteiger charge is 2.36. The minimum atomic E-state index is -4.38. The summed E-state index contributed by atoms with van der Waals surface area (Å²) in [5, 5.41) is 20.0. The van der Waals surface area contributed by atoms with E-state index >= 15 is 0 Å². The van der Waals surface area contributed by atoms with E-state index in [9.17, 15) is 27.7 Å². The summed E-state index contributed by atoms with van der Waals surface area (Å²) in [6.45, 7) is -0.0517. The number of rotatable bonds is 6. The monoisotopic (exact) mass is 389 g/mol.